The summed E-state index contributed by atoms with van der Waals surface area (Å²) in [6.45, 7) is 6.57. The molecule has 0 bridgehead atoms. The fourth-order valence-electron chi connectivity index (χ4n) is 3.73. The van der Waals surface area contributed by atoms with Crippen molar-refractivity contribution >= 4 is 40.0 Å². The second kappa shape index (κ2) is 10.9. The van der Waals surface area contributed by atoms with Gasteiger partial charge in [-0.05, 0) is 43.9 Å². The molecule has 10 heteroatoms. The minimum absolute atomic E-state index is 0.122. The largest absolute Gasteiger partial charge is 0.486 e. The van der Waals surface area contributed by atoms with Crippen LogP contribution < -0.4 is 10.1 Å². The first-order valence-electron chi connectivity index (χ1n) is 10.9. The summed E-state index contributed by atoms with van der Waals surface area (Å²) in [6, 6.07) is 7.79. The first-order chi connectivity index (χ1) is 16.5. The van der Waals surface area contributed by atoms with Crippen LogP contribution in [-0.4, -0.2) is 39.5 Å². The summed E-state index contributed by atoms with van der Waals surface area (Å²) in [6.07, 6.45) is 4.52. The molecular formula is C24H26N4O4S2. The number of aryl methyl sites for hydroxylation is 2. The number of ether oxygens (including phenoxy) is 2. The third-order valence-corrected chi connectivity index (χ3v) is 7.56. The van der Waals surface area contributed by atoms with Gasteiger partial charge in [0.15, 0.2) is 11.0 Å². The van der Waals surface area contributed by atoms with Crippen molar-refractivity contribution in [3.05, 3.63) is 64.3 Å². The molecule has 1 aromatic carbocycles. The lowest BCUT2D eigenvalue weighted by Gasteiger charge is -2.10. The van der Waals surface area contributed by atoms with Crippen molar-refractivity contribution in [2.75, 3.05) is 18.2 Å². The monoisotopic (exact) mass is 498 g/mol. The highest BCUT2D eigenvalue weighted by atomic mass is 32.2. The van der Waals surface area contributed by atoms with Crippen molar-refractivity contribution in [3.8, 4) is 5.75 Å². The molecule has 0 atom stereocenters. The van der Waals surface area contributed by atoms with E-state index >= 15 is 0 Å². The van der Waals surface area contributed by atoms with Crippen LogP contribution in [0.4, 0.5) is 5.00 Å². The number of hydrogen-bond acceptors (Lipinski definition) is 8. The van der Waals surface area contributed by atoms with E-state index in [1.165, 1.54) is 30.2 Å². The van der Waals surface area contributed by atoms with Crippen LogP contribution in [-0.2, 0) is 35.5 Å². The number of carbonyl (C=O) groups is 2. The van der Waals surface area contributed by atoms with Crippen molar-refractivity contribution < 1.29 is 19.1 Å². The highest BCUT2D eigenvalue weighted by Gasteiger charge is 2.28. The number of benzene rings is 1. The summed E-state index contributed by atoms with van der Waals surface area (Å²) in [5, 5.41) is 12.5. The molecule has 34 heavy (non-hydrogen) atoms. The van der Waals surface area contributed by atoms with Gasteiger partial charge in [0.2, 0.25) is 5.91 Å². The van der Waals surface area contributed by atoms with Gasteiger partial charge in [-0.15, -0.1) is 28.1 Å². The van der Waals surface area contributed by atoms with E-state index in [9.17, 15) is 9.59 Å². The number of rotatable bonds is 10. The number of carbonyl (C=O) groups excluding carboxylic acids is 2. The van der Waals surface area contributed by atoms with Crippen LogP contribution in [0.3, 0.4) is 0 Å². The Balaban J connectivity index is 1.40. The van der Waals surface area contributed by atoms with Gasteiger partial charge < -0.3 is 14.8 Å². The zero-order valence-corrected chi connectivity index (χ0v) is 20.8. The van der Waals surface area contributed by atoms with Crippen molar-refractivity contribution in [1.29, 1.82) is 0 Å². The van der Waals surface area contributed by atoms with Gasteiger partial charge in [0.1, 0.15) is 17.4 Å². The van der Waals surface area contributed by atoms with E-state index in [0.29, 0.717) is 28.1 Å². The van der Waals surface area contributed by atoms with E-state index in [2.05, 4.69) is 22.1 Å². The highest BCUT2D eigenvalue weighted by molar-refractivity contribution is 7.99. The molecule has 0 aliphatic heterocycles. The zero-order valence-electron chi connectivity index (χ0n) is 19.1. The fourth-order valence-corrected chi connectivity index (χ4v) is 5.79. The lowest BCUT2D eigenvalue weighted by molar-refractivity contribution is -0.113. The number of anilines is 1. The molecule has 1 aliphatic carbocycles. The van der Waals surface area contributed by atoms with E-state index in [-0.39, 0.29) is 18.3 Å². The number of hydrogen-bond donors (Lipinski definition) is 1. The summed E-state index contributed by atoms with van der Waals surface area (Å²) in [5.41, 5.74) is 2.65. The smallest absolute Gasteiger partial charge is 0.341 e. The van der Waals surface area contributed by atoms with Gasteiger partial charge in [-0.25, -0.2) is 4.79 Å². The van der Waals surface area contributed by atoms with Crippen LogP contribution in [0.15, 0.2) is 42.1 Å². The molecule has 178 valence electrons. The Kier molecular flexibility index (Phi) is 7.69. The van der Waals surface area contributed by atoms with Crippen LogP contribution >= 0.6 is 23.1 Å². The predicted octanol–water partition coefficient (Wildman–Crippen LogP) is 4.42. The zero-order chi connectivity index (χ0) is 24.1. The van der Waals surface area contributed by atoms with Gasteiger partial charge in [-0.3, -0.25) is 9.36 Å². The van der Waals surface area contributed by atoms with E-state index in [4.69, 9.17) is 9.47 Å². The summed E-state index contributed by atoms with van der Waals surface area (Å²) in [5.74, 6) is 0.881. The number of thioether (sulfide) groups is 1. The van der Waals surface area contributed by atoms with Gasteiger partial charge in [0.05, 0.1) is 18.4 Å². The molecule has 0 radical (unpaired) electrons. The molecule has 0 unspecified atom stereocenters. The van der Waals surface area contributed by atoms with Crippen LogP contribution in [0.1, 0.15) is 38.6 Å². The first kappa shape index (κ1) is 24.0. The van der Waals surface area contributed by atoms with E-state index in [1.54, 1.807) is 6.08 Å². The third-order valence-electron chi connectivity index (χ3n) is 5.39. The lowest BCUT2D eigenvalue weighted by atomic mass is 10.1. The van der Waals surface area contributed by atoms with Crippen molar-refractivity contribution in [1.82, 2.24) is 14.8 Å². The number of allylic oxidation sites excluding steroid dienone is 1. The Morgan fingerprint density at radius 3 is 2.79 bits per heavy atom. The molecule has 1 aliphatic rings. The Labute approximate surface area is 206 Å². The maximum absolute atomic E-state index is 12.7. The van der Waals surface area contributed by atoms with Crippen LogP contribution in [0.25, 0.3) is 0 Å². The number of methoxy groups -OCH3 is 1. The summed E-state index contributed by atoms with van der Waals surface area (Å²) >= 11 is 2.73. The van der Waals surface area contributed by atoms with Crippen molar-refractivity contribution in [3.63, 3.8) is 0 Å². The van der Waals surface area contributed by atoms with Crippen LogP contribution in [0.2, 0.25) is 0 Å². The van der Waals surface area contributed by atoms with E-state index in [1.807, 2.05) is 35.8 Å². The highest BCUT2D eigenvalue weighted by Crippen LogP contribution is 2.39. The fraction of sp³-hybridized carbons (Fsp3) is 0.333. The quantitative estimate of drug-likeness (QED) is 0.251. The second-order valence-electron chi connectivity index (χ2n) is 7.79. The number of aromatic nitrogens is 3. The molecule has 2 heterocycles. The second-order valence-corrected chi connectivity index (χ2v) is 9.84. The van der Waals surface area contributed by atoms with Gasteiger partial charge in [-0.2, -0.15) is 0 Å². The number of fused-ring (bicyclic) bond motifs is 1. The molecule has 0 fully saturated rings. The Morgan fingerprint density at radius 2 is 2.06 bits per heavy atom. The number of amides is 1. The first-order valence-corrected chi connectivity index (χ1v) is 12.7. The number of nitrogens with one attached hydrogen (secondary N) is 1. The molecule has 1 amide bonds. The number of esters is 1. The number of nitrogens with zero attached hydrogens (tertiary/aromatic N) is 3. The van der Waals surface area contributed by atoms with Crippen LogP contribution in [0, 0.1) is 6.92 Å². The Morgan fingerprint density at radius 1 is 1.26 bits per heavy atom. The summed E-state index contributed by atoms with van der Waals surface area (Å²) in [4.78, 5) is 26.2. The molecule has 3 aromatic rings. The average molecular weight is 499 g/mol. The molecule has 8 nitrogen and oxygen atoms in total. The molecular weight excluding hydrogens is 472 g/mol. The Hall–Kier alpha value is -3.11. The third kappa shape index (κ3) is 5.34. The lowest BCUT2D eigenvalue weighted by Crippen LogP contribution is -2.17. The normalized spacial score (nSPS) is 12.3. The average Bonchev–Trinajstić information content (AvgIpc) is 3.52. The summed E-state index contributed by atoms with van der Waals surface area (Å²) in [7, 11) is 1.36. The maximum Gasteiger partial charge on any atom is 0.341 e. The minimum Gasteiger partial charge on any atom is -0.486 e. The molecule has 0 saturated carbocycles. The van der Waals surface area contributed by atoms with Gasteiger partial charge in [0, 0.05) is 11.4 Å². The molecule has 0 saturated heterocycles. The van der Waals surface area contributed by atoms with Crippen LogP contribution in [0.5, 0.6) is 5.75 Å². The topological polar surface area (TPSA) is 95.3 Å². The predicted molar refractivity (Wildman–Crippen MR) is 133 cm³/mol. The minimum atomic E-state index is -0.411. The molecule has 4 rings (SSSR count). The van der Waals surface area contributed by atoms with Gasteiger partial charge in [0.25, 0.3) is 0 Å². The van der Waals surface area contributed by atoms with Crippen molar-refractivity contribution in [2.24, 2.45) is 0 Å². The molecule has 0 spiro atoms. The maximum atomic E-state index is 12.7. The van der Waals surface area contributed by atoms with Crippen molar-refractivity contribution in [2.45, 2.75) is 44.5 Å². The van der Waals surface area contributed by atoms with E-state index < -0.39 is 5.97 Å². The summed E-state index contributed by atoms with van der Waals surface area (Å²) < 4.78 is 12.7. The molecule has 1 N–H and O–H groups in total. The van der Waals surface area contributed by atoms with Gasteiger partial charge in [-0.1, -0.05) is 35.5 Å². The standard InChI is InChI=1S/C24H26N4O4S2/c1-4-12-28-19(13-32-16-10-8-15(2)9-11-16)26-27-24(28)33-14-20(29)25-22-21(23(30)31-3)17-6-5-7-18(17)34-22/h4,8-11H,1,5-7,12-14H2,2-3H3,(H,25,29). The number of thiophene rings is 1. The SMILES string of the molecule is C=CCn1c(COc2ccc(C)cc2)nnc1SCC(=O)Nc1sc2c(c1C(=O)OC)CCC2. The van der Waals surface area contributed by atoms with E-state index in [0.717, 1.165) is 41.0 Å². The Bertz CT molecular complexity index is 1200. The molecule has 2 aromatic heterocycles. The van der Waals surface area contributed by atoms with Gasteiger partial charge >= 0.3 is 5.97 Å².